The first-order chi connectivity index (χ1) is 11.5. The lowest BCUT2D eigenvalue weighted by Gasteiger charge is -2.13. The summed E-state index contributed by atoms with van der Waals surface area (Å²) in [7, 11) is 0. The molecular weight excluding hydrogens is 316 g/mol. The minimum atomic E-state index is -1.18. The molecule has 0 unspecified atom stereocenters. The zero-order valence-electron chi connectivity index (χ0n) is 12.9. The first-order valence-electron chi connectivity index (χ1n) is 7.18. The highest BCUT2D eigenvalue weighted by Crippen LogP contribution is 2.34. The lowest BCUT2D eigenvalue weighted by molar-refractivity contribution is -0.384. The molecule has 0 spiro atoms. The molecule has 0 fully saturated rings. The van der Waals surface area contributed by atoms with E-state index in [4.69, 9.17) is 14.6 Å². The molecule has 1 amide bonds. The molecule has 2 rings (SSSR count). The standard InChI is InChI=1S/C16H16N2O6/c1-2-9-23-15-10-11(17-16(19)20)3-8-14(15)24-13-6-4-12(5-7-13)18(21)22/h3-8,10,17H,2,9H2,1H3,(H,19,20). The molecule has 0 bridgehead atoms. The molecule has 0 aliphatic rings. The molecule has 126 valence electrons. The monoisotopic (exact) mass is 332 g/mol. The van der Waals surface area contributed by atoms with Gasteiger partial charge in [-0.15, -0.1) is 0 Å². The van der Waals surface area contributed by atoms with Gasteiger partial charge >= 0.3 is 6.09 Å². The van der Waals surface area contributed by atoms with Crippen LogP contribution in [0.15, 0.2) is 42.5 Å². The number of anilines is 1. The summed E-state index contributed by atoms with van der Waals surface area (Å²) in [5, 5.41) is 21.7. The number of nitro benzene ring substituents is 1. The van der Waals surface area contributed by atoms with E-state index in [9.17, 15) is 14.9 Å². The summed E-state index contributed by atoms with van der Waals surface area (Å²) < 4.78 is 11.3. The van der Waals surface area contributed by atoms with Gasteiger partial charge in [0.1, 0.15) is 5.75 Å². The molecule has 0 radical (unpaired) electrons. The van der Waals surface area contributed by atoms with Crippen molar-refractivity contribution in [2.24, 2.45) is 0 Å². The number of nitrogens with zero attached hydrogens (tertiary/aromatic N) is 1. The van der Waals surface area contributed by atoms with Crippen LogP contribution in [0, 0.1) is 10.1 Å². The maximum Gasteiger partial charge on any atom is 0.409 e. The third-order valence-corrected chi connectivity index (χ3v) is 2.93. The second-order valence-electron chi connectivity index (χ2n) is 4.79. The molecule has 0 aromatic heterocycles. The predicted octanol–water partition coefficient (Wildman–Crippen LogP) is 4.27. The van der Waals surface area contributed by atoms with Gasteiger partial charge in [0.25, 0.3) is 5.69 Å². The molecule has 8 heteroatoms. The van der Waals surface area contributed by atoms with Crippen molar-refractivity contribution in [1.82, 2.24) is 0 Å². The van der Waals surface area contributed by atoms with E-state index in [1.165, 1.54) is 36.4 Å². The Bertz CT molecular complexity index is 730. The Morgan fingerprint density at radius 1 is 1.21 bits per heavy atom. The molecule has 2 N–H and O–H groups in total. The highest BCUT2D eigenvalue weighted by Gasteiger charge is 2.11. The third kappa shape index (κ3) is 4.60. The highest BCUT2D eigenvalue weighted by atomic mass is 16.6. The minimum Gasteiger partial charge on any atom is -0.490 e. The summed E-state index contributed by atoms with van der Waals surface area (Å²) in [6.07, 6.45) is -0.409. The summed E-state index contributed by atoms with van der Waals surface area (Å²) in [4.78, 5) is 20.9. The number of benzene rings is 2. The number of nitrogens with one attached hydrogen (secondary N) is 1. The Balaban J connectivity index is 2.23. The maximum absolute atomic E-state index is 10.7. The number of nitro groups is 1. The molecular formula is C16H16N2O6. The van der Waals surface area contributed by atoms with E-state index in [1.807, 2.05) is 6.92 Å². The van der Waals surface area contributed by atoms with Gasteiger partial charge in [0.05, 0.1) is 11.5 Å². The van der Waals surface area contributed by atoms with Crippen LogP contribution in [0.2, 0.25) is 0 Å². The SMILES string of the molecule is CCCOc1cc(NC(=O)O)ccc1Oc1ccc([N+](=O)[O-])cc1. The van der Waals surface area contributed by atoms with Crippen LogP contribution in [0.25, 0.3) is 0 Å². The highest BCUT2D eigenvalue weighted by molar-refractivity contribution is 5.83. The third-order valence-electron chi connectivity index (χ3n) is 2.93. The van der Waals surface area contributed by atoms with Crippen molar-refractivity contribution in [3.8, 4) is 17.2 Å². The second kappa shape index (κ2) is 7.82. The molecule has 0 saturated carbocycles. The van der Waals surface area contributed by atoms with E-state index in [2.05, 4.69) is 5.32 Å². The van der Waals surface area contributed by atoms with E-state index in [0.717, 1.165) is 6.42 Å². The number of rotatable bonds is 7. The number of carbonyl (C=O) groups is 1. The molecule has 0 saturated heterocycles. The van der Waals surface area contributed by atoms with Crippen molar-refractivity contribution in [3.63, 3.8) is 0 Å². The van der Waals surface area contributed by atoms with Crippen molar-refractivity contribution in [1.29, 1.82) is 0 Å². The van der Waals surface area contributed by atoms with Gasteiger partial charge in [-0.05, 0) is 30.7 Å². The second-order valence-corrected chi connectivity index (χ2v) is 4.79. The molecule has 24 heavy (non-hydrogen) atoms. The Hall–Kier alpha value is -3.29. The fraction of sp³-hybridized carbons (Fsp3) is 0.188. The molecule has 0 aliphatic heterocycles. The van der Waals surface area contributed by atoms with Gasteiger partial charge in [-0.3, -0.25) is 15.4 Å². The lowest BCUT2D eigenvalue weighted by atomic mass is 10.2. The molecule has 8 nitrogen and oxygen atoms in total. The zero-order chi connectivity index (χ0) is 17.5. The van der Waals surface area contributed by atoms with E-state index >= 15 is 0 Å². The van der Waals surface area contributed by atoms with E-state index in [0.29, 0.717) is 29.5 Å². The van der Waals surface area contributed by atoms with Gasteiger partial charge in [-0.25, -0.2) is 4.79 Å². The van der Waals surface area contributed by atoms with E-state index in [1.54, 1.807) is 6.07 Å². The van der Waals surface area contributed by atoms with Gasteiger partial charge in [0.2, 0.25) is 0 Å². The van der Waals surface area contributed by atoms with Crippen LogP contribution >= 0.6 is 0 Å². The van der Waals surface area contributed by atoms with Gasteiger partial charge in [0.15, 0.2) is 11.5 Å². The lowest BCUT2D eigenvalue weighted by Crippen LogP contribution is -2.07. The number of carboxylic acid groups (broad SMARTS) is 1. The molecule has 0 aliphatic carbocycles. The summed E-state index contributed by atoms with van der Waals surface area (Å²) in [5.41, 5.74) is 0.315. The van der Waals surface area contributed by atoms with Gasteiger partial charge in [0, 0.05) is 23.9 Å². The Morgan fingerprint density at radius 3 is 2.50 bits per heavy atom. The normalized spacial score (nSPS) is 10.0. The van der Waals surface area contributed by atoms with Crippen LogP contribution < -0.4 is 14.8 Å². The van der Waals surface area contributed by atoms with Crippen LogP contribution in [-0.2, 0) is 0 Å². The number of hydrogen-bond acceptors (Lipinski definition) is 5. The van der Waals surface area contributed by atoms with Crippen molar-refractivity contribution in [2.75, 3.05) is 11.9 Å². The smallest absolute Gasteiger partial charge is 0.409 e. The fourth-order valence-electron chi connectivity index (χ4n) is 1.88. The van der Waals surface area contributed by atoms with Gasteiger partial charge in [-0.2, -0.15) is 0 Å². The Labute approximate surface area is 137 Å². The van der Waals surface area contributed by atoms with Crippen molar-refractivity contribution < 1.29 is 24.3 Å². The van der Waals surface area contributed by atoms with E-state index in [-0.39, 0.29) is 5.69 Å². The topological polar surface area (TPSA) is 111 Å². The Morgan fingerprint density at radius 2 is 1.92 bits per heavy atom. The Kier molecular flexibility index (Phi) is 5.56. The summed E-state index contributed by atoms with van der Waals surface area (Å²) in [6, 6.07) is 10.2. The van der Waals surface area contributed by atoms with Crippen LogP contribution in [0.3, 0.4) is 0 Å². The average molecular weight is 332 g/mol. The number of non-ortho nitro benzene ring substituents is 1. The number of ether oxygens (including phenoxy) is 2. The van der Waals surface area contributed by atoms with Crippen molar-refractivity contribution in [3.05, 3.63) is 52.6 Å². The average Bonchev–Trinajstić information content (AvgIpc) is 2.54. The molecule has 2 aromatic rings. The largest absolute Gasteiger partial charge is 0.490 e. The van der Waals surface area contributed by atoms with Crippen LogP contribution in [0.4, 0.5) is 16.2 Å². The summed E-state index contributed by atoms with van der Waals surface area (Å²) in [6.45, 7) is 2.38. The minimum absolute atomic E-state index is 0.0363. The number of amides is 1. The first kappa shape index (κ1) is 17.1. The zero-order valence-corrected chi connectivity index (χ0v) is 12.9. The van der Waals surface area contributed by atoms with Crippen molar-refractivity contribution >= 4 is 17.5 Å². The first-order valence-corrected chi connectivity index (χ1v) is 7.18. The van der Waals surface area contributed by atoms with E-state index < -0.39 is 11.0 Å². The molecule has 0 atom stereocenters. The van der Waals surface area contributed by atoms with Crippen LogP contribution in [0.5, 0.6) is 17.2 Å². The summed E-state index contributed by atoms with van der Waals surface area (Å²) >= 11 is 0. The summed E-state index contributed by atoms with van der Waals surface area (Å²) in [5.74, 6) is 1.16. The fourth-order valence-corrected chi connectivity index (χ4v) is 1.88. The number of hydrogen-bond donors (Lipinski definition) is 2. The van der Waals surface area contributed by atoms with Crippen LogP contribution in [-0.4, -0.2) is 22.7 Å². The van der Waals surface area contributed by atoms with Crippen molar-refractivity contribution in [2.45, 2.75) is 13.3 Å². The molecule has 2 aromatic carbocycles. The molecule has 0 heterocycles. The predicted molar refractivity (Wildman–Crippen MR) is 87.0 cm³/mol. The quantitative estimate of drug-likeness (QED) is 0.578. The maximum atomic E-state index is 10.7. The van der Waals surface area contributed by atoms with Gasteiger partial charge in [-0.1, -0.05) is 6.92 Å². The van der Waals surface area contributed by atoms with Gasteiger partial charge < -0.3 is 14.6 Å². The van der Waals surface area contributed by atoms with Crippen LogP contribution in [0.1, 0.15) is 13.3 Å².